The number of hydrogen-bond donors (Lipinski definition) is 5. The molecule has 0 atom stereocenters. The van der Waals surface area contributed by atoms with Crippen molar-refractivity contribution in [2.24, 2.45) is 4.99 Å². The van der Waals surface area contributed by atoms with Crippen molar-refractivity contribution in [3.05, 3.63) is 111 Å². The molecule has 3 aromatic carbocycles. The molecule has 0 saturated heterocycles. The van der Waals surface area contributed by atoms with E-state index in [2.05, 4.69) is 36.4 Å². The number of carboxylic acid groups (broad SMARTS) is 1. The molecule has 1 aromatic heterocycles. The molecule has 4 rings (SSSR count). The molecule has 0 radical (unpaired) electrons. The number of rotatable bonds is 7. The Bertz CT molecular complexity index is 1410. The number of benzene rings is 3. The molecule has 0 aliphatic carbocycles. The first-order valence-corrected chi connectivity index (χ1v) is 14.2. The first-order chi connectivity index (χ1) is 20.2. The number of aliphatic hydroxyl groups is 1. The number of hydrogen-bond acceptors (Lipinski definition) is 8. The maximum absolute atomic E-state index is 10.2. The van der Waals surface area contributed by atoms with Crippen molar-refractivity contribution in [3.8, 4) is 0 Å². The SMILES string of the molecule is CCc1ccc(C=O)cc1.CNc1ccccc1N.CNc1sc(C)c(C)c1/C(=N\CO)c1ccc(Cl)cc1.O=CO. The number of nitrogens with zero attached hydrogens (tertiary/aromatic N) is 1. The molecule has 0 unspecified atom stereocenters. The fourth-order valence-electron chi connectivity index (χ4n) is 3.64. The Morgan fingerprint density at radius 1 is 0.976 bits per heavy atom. The topological polar surface area (TPSA) is 137 Å². The first kappa shape index (κ1) is 35.8. The molecule has 0 saturated carbocycles. The summed E-state index contributed by atoms with van der Waals surface area (Å²) in [7, 11) is 3.75. The quantitative estimate of drug-likeness (QED) is 0.0870. The summed E-state index contributed by atoms with van der Waals surface area (Å²) >= 11 is 7.63. The average molecular weight is 611 g/mol. The van der Waals surface area contributed by atoms with Crippen LogP contribution in [0.25, 0.3) is 0 Å². The summed E-state index contributed by atoms with van der Waals surface area (Å²) in [5.41, 5.74) is 13.3. The van der Waals surface area contributed by atoms with Gasteiger partial charge in [0.15, 0.2) is 0 Å². The Morgan fingerprint density at radius 2 is 1.57 bits per heavy atom. The van der Waals surface area contributed by atoms with Crippen LogP contribution in [-0.4, -0.2) is 49.5 Å². The molecule has 0 fully saturated rings. The van der Waals surface area contributed by atoms with Crippen molar-refractivity contribution in [3.63, 3.8) is 0 Å². The monoisotopic (exact) mass is 610 g/mol. The second-order valence-corrected chi connectivity index (χ2v) is 10.2. The number of halogens is 1. The molecule has 0 bridgehead atoms. The van der Waals surface area contributed by atoms with Crippen molar-refractivity contribution in [1.82, 2.24) is 0 Å². The largest absolute Gasteiger partial charge is 0.483 e. The van der Waals surface area contributed by atoms with Crippen molar-refractivity contribution in [2.75, 3.05) is 37.2 Å². The van der Waals surface area contributed by atoms with Crippen LogP contribution in [0.2, 0.25) is 5.02 Å². The predicted molar refractivity (Wildman–Crippen MR) is 178 cm³/mol. The van der Waals surface area contributed by atoms with Gasteiger partial charge in [-0.1, -0.05) is 67.1 Å². The molecule has 4 aromatic rings. The van der Waals surface area contributed by atoms with Gasteiger partial charge in [-0.25, -0.2) is 0 Å². The average Bonchev–Trinajstić information content (AvgIpc) is 3.30. The van der Waals surface area contributed by atoms with Crippen LogP contribution in [0.1, 0.15) is 44.4 Å². The third-order valence-corrected chi connectivity index (χ3v) is 7.43. The van der Waals surface area contributed by atoms with Crippen molar-refractivity contribution in [2.45, 2.75) is 27.2 Å². The number of carbonyl (C=O) groups is 2. The summed E-state index contributed by atoms with van der Waals surface area (Å²) in [6, 6.07) is 22.8. The van der Waals surface area contributed by atoms with Gasteiger partial charge in [-0.05, 0) is 55.7 Å². The van der Waals surface area contributed by atoms with E-state index in [1.165, 1.54) is 16.0 Å². The predicted octanol–water partition coefficient (Wildman–Crippen LogP) is 6.92. The van der Waals surface area contributed by atoms with Gasteiger partial charge in [0.1, 0.15) is 13.0 Å². The lowest BCUT2D eigenvalue weighted by Crippen LogP contribution is -2.07. The number of aldehydes is 1. The third-order valence-electron chi connectivity index (χ3n) is 5.95. The van der Waals surface area contributed by atoms with Gasteiger partial charge < -0.3 is 26.6 Å². The van der Waals surface area contributed by atoms with E-state index < -0.39 is 0 Å². The Labute approximate surface area is 256 Å². The lowest BCUT2D eigenvalue weighted by Gasteiger charge is -2.10. The zero-order valence-corrected chi connectivity index (χ0v) is 26.1. The van der Waals surface area contributed by atoms with Crippen LogP contribution in [0, 0.1) is 13.8 Å². The summed E-state index contributed by atoms with van der Waals surface area (Å²) in [4.78, 5) is 24.1. The molecular formula is C32H39ClN4O4S. The number of para-hydroxylation sites is 2. The number of nitrogens with one attached hydrogen (secondary N) is 2. The number of aliphatic imine (C=N–C) groups is 1. The van der Waals surface area contributed by atoms with Crippen molar-refractivity contribution in [1.29, 1.82) is 0 Å². The number of carbonyl (C=O) groups excluding carboxylic acids is 1. The smallest absolute Gasteiger partial charge is 0.290 e. The van der Waals surface area contributed by atoms with Crippen molar-refractivity contribution < 1.29 is 19.8 Å². The second-order valence-electron chi connectivity index (χ2n) is 8.55. The summed E-state index contributed by atoms with van der Waals surface area (Å²) in [5.74, 6) is 0. The zero-order chi connectivity index (χ0) is 31.5. The minimum atomic E-state index is -0.250. The van der Waals surface area contributed by atoms with Gasteiger partial charge in [-0.15, -0.1) is 11.3 Å². The highest BCUT2D eigenvalue weighted by molar-refractivity contribution is 7.16. The Kier molecular flexibility index (Phi) is 16.9. The van der Waals surface area contributed by atoms with Gasteiger partial charge in [0.05, 0.1) is 22.1 Å². The van der Waals surface area contributed by atoms with Crippen molar-refractivity contribution >= 4 is 57.8 Å². The number of aryl methyl sites for hydroxylation is 2. The number of nitrogen functional groups attached to an aromatic ring is 1. The Hall–Kier alpha value is -4.18. The zero-order valence-electron chi connectivity index (χ0n) is 24.5. The minimum Gasteiger partial charge on any atom is -0.483 e. The second kappa shape index (κ2) is 19.8. The molecule has 10 heteroatoms. The number of thiophene rings is 1. The van der Waals surface area contributed by atoms with Crippen LogP contribution in [0.3, 0.4) is 0 Å². The van der Waals surface area contributed by atoms with Crippen LogP contribution in [0.4, 0.5) is 16.4 Å². The summed E-state index contributed by atoms with van der Waals surface area (Å²) in [6.45, 7) is 5.76. The van der Waals surface area contributed by atoms with E-state index in [0.717, 1.165) is 51.5 Å². The lowest BCUT2D eigenvalue weighted by molar-refractivity contribution is -0.122. The molecule has 1 heterocycles. The van der Waals surface area contributed by atoms with Crippen LogP contribution in [-0.2, 0) is 11.2 Å². The Morgan fingerprint density at radius 3 is 2.02 bits per heavy atom. The van der Waals surface area contributed by atoms with Crippen LogP contribution < -0.4 is 16.4 Å². The number of aliphatic hydroxyl groups excluding tert-OH is 1. The van der Waals surface area contributed by atoms with Gasteiger partial charge in [0.25, 0.3) is 6.47 Å². The van der Waals surface area contributed by atoms with Gasteiger partial charge >= 0.3 is 0 Å². The minimum absolute atomic E-state index is 0.241. The molecule has 0 aliphatic rings. The molecule has 224 valence electrons. The van der Waals surface area contributed by atoms with E-state index >= 15 is 0 Å². The van der Waals surface area contributed by atoms with Crippen LogP contribution in [0.15, 0.2) is 77.8 Å². The van der Waals surface area contributed by atoms with E-state index in [4.69, 9.17) is 27.2 Å². The molecule has 0 aliphatic heterocycles. The molecule has 0 spiro atoms. The maximum Gasteiger partial charge on any atom is 0.290 e. The highest BCUT2D eigenvalue weighted by atomic mass is 35.5. The van der Waals surface area contributed by atoms with E-state index in [-0.39, 0.29) is 13.2 Å². The molecule has 6 N–H and O–H groups in total. The highest BCUT2D eigenvalue weighted by Gasteiger charge is 2.18. The lowest BCUT2D eigenvalue weighted by atomic mass is 10.00. The molecule has 0 amide bonds. The fourth-order valence-corrected chi connectivity index (χ4v) is 4.78. The Balaban J connectivity index is 0.000000334. The van der Waals surface area contributed by atoms with E-state index in [1.54, 1.807) is 11.3 Å². The van der Waals surface area contributed by atoms with Crippen LogP contribution >= 0.6 is 22.9 Å². The molecular weight excluding hydrogens is 572 g/mol. The van der Waals surface area contributed by atoms with Gasteiger partial charge in [-0.2, -0.15) is 0 Å². The fraction of sp³-hybridized carbons (Fsp3) is 0.219. The summed E-state index contributed by atoms with van der Waals surface area (Å²) < 4.78 is 0. The van der Waals surface area contributed by atoms with E-state index in [9.17, 15) is 9.90 Å². The van der Waals surface area contributed by atoms with Gasteiger partial charge in [0, 0.05) is 40.7 Å². The molecule has 42 heavy (non-hydrogen) atoms. The molecule has 8 nitrogen and oxygen atoms in total. The number of anilines is 3. The van der Waals surface area contributed by atoms with E-state index in [0.29, 0.717) is 5.02 Å². The number of nitrogens with two attached hydrogens (primary N) is 1. The normalized spacial score (nSPS) is 10.0. The maximum atomic E-state index is 10.2. The standard InChI is InChI=1S/C15H17ClN2OS.C9H10O.C7H10N2.CH2O2/c1-9-10(2)20-15(17-3)13(9)14(18-8-19)11-4-6-12(16)7-5-11;1-2-8-3-5-9(7-10)6-4-8;1-9-7-5-3-2-4-6(7)8;2-1-3/h4-7,17,19H,8H2,1-3H3;3-7H,2H2,1H3;2-5,9H,8H2,1H3;1H,(H,2,3)/b18-14-;;;. The third kappa shape index (κ3) is 11.4. The van der Waals surface area contributed by atoms with Gasteiger partial charge in [-0.3, -0.25) is 14.6 Å². The summed E-state index contributed by atoms with van der Waals surface area (Å²) in [5, 5.41) is 24.1. The van der Waals surface area contributed by atoms with Crippen LogP contribution in [0.5, 0.6) is 0 Å². The summed E-state index contributed by atoms with van der Waals surface area (Å²) in [6.07, 6.45) is 1.89. The highest BCUT2D eigenvalue weighted by Crippen LogP contribution is 2.34. The van der Waals surface area contributed by atoms with E-state index in [1.807, 2.05) is 86.9 Å². The first-order valence-electron chi connectivity index (χ1n) is 13.0. The van der Waals surface area contributed by atoms with Gasteiger partial charge in [0.2, 0.25) is 0 Å².